The van der Waals surface area contributed by atoms with Crippen molar-refractivity contribution in [3.8, 4) is 0 Å². The fraction of sp³-hybridized carbons (Fsp3) is 0.476. The number of carbonyl (C=O) groups is 1. The molecule has 2 bridgehead atoms. The van der Waals surface area contributed by atoms with E-state index >= 15 is 0 Å². The predicted octanol–water partition coefficient (Wildman–Crippen LogP) is 2.17. The summed E-state index contributed by atoms with van der Waals surface area (Å²) in [6, 6.07) is 8.20. The number of rotatable bonds is 1. The highest BCUT2D eigenvalue weighted by Gasteiger charge is 2.41. The van der Waals surface area contributed by atoms with Gasteiger partial charge in [0.2, 0.25) is 5.91 Å². The maximum atomic E-state index is 12.9. The van der Waals surface area contributed by atoms with E-state index in [2.05, 4.69) is 16.7 Å². The summed E-state index contributed by atoms with van der Waals surface area (Å²) in [5.41, 5.74) is 4.33. The number of hydrogen-bond acceptors (Lipinski definition) is 3. The molecule has 2 unspecified atom stereocenters. The van der Waals surface area contributed by atoms with Gasteiger partial charge < -0.3 is 19.7 Å². The Bertz CT molecular complexity index is 883. The highest BCUT2D eigenvalue weighted by molar-refractivity contribution is 5.86. The van der Waals surface area contributed by atoms with E-state index in [0.717, 1.165) is 27.7 Å². The molecule has 0 radical (unpaired) electrons. The fourth-order valence-electron chi connectivity index (χ4n) is 4.87. The number of hydrogen-bond donors (Lipinski definition) is 2. The summed E-state index contributed by atoms with van der Waals surface area (Å²) in [7, 11) is 2.00. The molecule has 2 aromatic rings. The van der Waals surface area contributed by atoms with Crippen LogP contribution in [0.3, 0.4) is 0 Å². The molecule has 0 spiro atoms. The minimum absolute atomic E-state index is 0.0130. The highest BCUT2D eigenvalue weighted by atomic mass is 16.3. The van der Waals surface area contributed by atoms with Crippen molar-refractivity contribution < 1.29 is 15.0 Å². The Balaban J connectivity index is 1.87. The summed E-state index contributed by atoms with van der Waals surface area (Å²) < 4.78 is 2.09. The van der Waals surface area contributed by atoms with E-state index < -0.39 is 12.0 Å². The fourth-order valence-corrected chi connectivity index (χ4v) is 4.87. The first-order valence-electron chi connectivity index (χ1n) is 9.35. The second-order valence-corrected chi connectivity index (χ2v) is 7.46. The molecule has 1 saturated heterocycles. The molecule has 138 valence electrons. The van der Waals surface area contributed by atoms with Crippen LogP contribution in [0.25, 0.3) is 10.9 Å². The van der Waals surface area contributed by atoms with Gasteiger partial charge in [0.15, 0.2) is 0 Å². The number of allylic oxidation sites excluding steroid dienone is 1. The molecule has 1 aromatic heterocycles. The van der Waals surface area contributed by atoms with Gasteiger partial charge in [0.05, 0.1) is 24.3 Å². The number of aliphatic hydroxyl groups is 2. The van der Waals surface area contributed by atoms with Gasteiger partial charge in [0.1, 0.15) is 0 Å². The van der Waals surface area contributed by atoms with E-state index in [9.17, 15) is 15.0 Å². The van der Waals surface area contributed by atoms with Crippen LogP contribution in [0.4, 0.5) is 0 Å². The van der Waals surface area contributed by atoms with E-state index in [1.54, 1.807) is 0 Å². The van der Waals surface area contributed by atoms with Crippen molar-refractivity contribution in [2.75, 3.05) is 19.7 Å². The molecule has 3 aliphatic heterocycles. The Morgan fingerprint density at radius 1 is 1.31 bits per heavy atom. The Morgan fingerprint density at radius 2 is 2.08 bits per heavy atom. The zero-order valence-corrected chi connectivity index (χ0v) is 15.4. The summed E-state index contributed by atoms with van der Waals surface area (Å²) in [4.78, 5) is 14.7. The van der Waals surface area contributed by atoms with E-state index in [1.807, 2.05) is 37.1 Å². The van der Waals surface area contributed by atoms with Crippen LogP contribution in [-0.2, 0) is 18.3 Å². The van der Waals surface area contributed by atoms with Gasteiger partial charge in [0.25, 0.3) is 0 Å². The van der Waals surface area contributed by atoms with E-state index in [4.69, 9.17) is 0 Å². The second kappa shape index (κ2) is 6.56. The zero-order valence-electron chi connectivity index (χ0n) is 15.4. The highest BCUT2D eigenvalue weighted by Crippen LogP contribution is 2.40. The molecule has 4 heterocycles. The van der Waals surface area contributed by atoms with Crippen molar-refractivity contribution in [2.45, 2.75) is 25.9 Å². The minimum atomic E-state index is -0.658. The third-order valence-electron chi connectivity index (χ3n) is 6.22. The summed E-state index contributed by atoms with van der Waals surface area (Å²) in [5, 5.41) is 22.2. The smallest absolute Gasteiger partial charge is 0.228 e. The zero-order chi connectivity index (χ0) is 18.4. The van der Waals surface area contributed by atoms with Crippen LogP contribution in [0.5, 0.6) is 0 Å². The summed E-state index contributed by atoms with van der Waals surface area (Å²) >= 11 is 0. The monoisotopic (exact) mass is 354 g/mol. The first-order chi connectivity index (χ1) is 12.6. The van der Waals surface area contributed by atoms with Crippen molar-refractivity contribution in [1.29, 1.82) is 0 Å². The van der Waals surface area contributed by atoms with Crippen molar-refractivity contribution in [1.82, 2.24) is 9.47 Å². The van der Waals surface area contributed by atoms with Crippen molar-refractivity contribution in [3.05, 3.63) is 47.2 Å². The quantitative estimate of drug-likeness (QED) is 0.772. The minimum Gasteiger partial charge on any atom is -0.396 e. The lowest BCUT2D eigenvalue weighted by molar-refractivity contribution is -0.141. The number of para-hydroxylation sites is 1. The average molecular weight is 354 g/mol. The molecule has 5 rings (SSSR count). The Labute approximate surface area is 153 Å². The average Bonchev–Trinajstić information content (AvgIpc) is 2.94. The van der Waals surface area contributed by atoms with E-state index in [0.29, 0.717) is 25.9 Å². The molecule has 3 aliphatic rings. The molecule has 5 heteroatoms. The number of amides is 1. The van der Waals surface area contributed by atoms with Crippen LogP contribution in [0.15, 0.2) is 35.9 Å². The molecule has 5 nitrogen and oxygen atoms in total. The normalized spacial score (nSPS) is 28.0. The van der Waals surface area contributed by atoms with Gasteiger partial charge in [-0.05, 0) is 37.3 Å². The first-order valence-corrected chi connectivity index (χ1v) is 9.35. The number of benzene rings is 1. The van der Waals surface area contributed by atoms with Crippen LogP contribution >= 0.6 is 0 Å². The van der Waals surface area contributed by atoms with E-state index in [-0.39, 0.29) is 18.4 Å². The van der Waals surface area contributed by atoms with Gasteiger partial charge in [-0.1, -0.05) is 29.8 Å². The number of aliphatic hydroxyl groups excluding tert-OH is 2. The lowest BCUT2D eigenvalue weighted by Gasteiger charge is -2.41. The molecule has 1 fully saturated rings. The molecular formula is C21H26N2O3. The molecule has 1 aromatic carbocycles. The number of piperidine rings is 1. The Kier molecular flexibility index (Phi) is 4.37. The van der Waals surface area contributed by atoms with Gasteiger partial charge in [-0.15, -0.1) is 0 Å². The summed E-state index contributed by atoms with van der Waals surface area (Å²) in [5.74, 6) is -0.562. The summed E-state index contributed by atoms with van der Waals surface area (Å²) in [6.07, 6.45) is 2.55. The lowest BCUT2D eigenvalue weighted by Crippen LogP contribution is -2.49. The van der Waals surface area contributed by atoms with Gasteiger partial charge in [-0.25, -0.2) is 0 Å². The number of aromatic nitrogens is 1. The SMILES string of the molecule is C/C=C1/CN2CCc3c(n(C)c4ccccc34)[C@H](O)CC1C(CO)C2=O. The third-order valence-corrected chi connectivity index (χ3v) is 6.22. The standard InChI is InChI=1S/C21H26N2O3/c1-3-13-11-23-9-8-15-14-6-4-5-7-18(14)22(2)20(15)19(25)10-16(13)17(12-24)21(23)26/h3-7,16-17,19,24-25H,8-12H2,1-2H3/b13-3-/t16?,17?,19-/m1/s1. The first kappa shape index (κ1) is 17.3. The van der Waals surface area contributed by atoms with Crippen LogP contribution in [0.2, 0.25) is 0 Å². The molecule has 26 heavy (non-hydrogen) atoms. The van der Waals surface area contributed by atoms with Crippen molar-refractivity contribution in [3.63, 3.8) is 0 Å². The molecule has 2 N–H and O–H groups in total. The largest absolute Gasteiger partial charge is 0.396 e. The van der Waals surface area contributed by atoms with Gasteiger partial charge in [-0.2, -0.15) is 0 Å². The third kappa shape index (κ3) is 2.49. The molecule has 0 saturated carbocycles. The lowest BCUT2D eigenvalue weighted by atomic mass is 9.76. The molecule has 0 aliphatic carbocycles. The number of nitrogens with zero attached hydrogens (tertiary/aromatic N) is 2. The van der Waals surface area contributed by atoms with Crippen molar-refractivity contribution in [2.24, 2.45) is 18.9 Å². The summed E-state index contributed by atoms with van der Waals surface area (Å²) in [6.45, 7) is 3.01. The number of fused-ring (bicyclic) bond motifs is 5. The van der Waals surface area contributed by atoms with E-state index in [1.165, 1.54) is 0 Å². The Morgan fingerprint density at radius 3 is 2.81 bits per heavy atom. The molecule has 3 atom stereocenters. The van der Waals surface area contributed by atoms with Gasteiger partial charge in [0, 0.05) is 31.0 Å². The van der Waals surface area contributed by atoms with Crippen molar-refractivity contribution >= 4 is 16.8 Å². The number of aryl methyl sites for hydroxylation is 1. The number of carbonyl (C=O) groups excluding carboxylic acids is 1. The topological polar surface area (TPSA) is 65.7 Å². The van der Waals surface area contributed by atoms with Crippen LogP contribution in [0.1, 0.15) is 30.7 Å². The van der Waals surface area contributed by atoms with Gasteiger partial charge in [-0.3, -0.25) is 4.79 Å². The van der Waals surface area contributed by atoms with Crippen LogP contribution in [-0.4, -0.2) is 45.3 Å². The predicted molar refractivity (Wildman–Crippen MR) is 101 cm³/mol. The maximum absolute atomic E-state index is 12.9. The van der Waals surface area contributed by atoms with Crippen LogP contribution in [0, 0.1) is 11.8 Å². The molecule has 1 amide bonds. The second-order valence-electron chi connectivity index (χ2n) is 7.46. The van der Waals surface area contributed by atoms with Gasteiger partial charge >= 0.3 is 0 Å². The Hall–Kier alpha value is -2.11. The van der Waals surface area contributed by atoms with Crippen LogP contribution < -0.4 is 0 Å². The maximum Gasteiger partial charge on any atom is 0.228 e. The molecular weight excluding hydrogens is 328 g/mol.